The van der Waals surface area contributed by atoms with Crippen LogP contribution in [0.3, 0.4) is 0 Å². The van der Waals surface area contributed by atoms with Gasteiger partial charge >= 0.3 is 5.97 Å². The van der Waals surface area contributed by atoms with Crippen LogP contribution in [0.15, 0.2) is 59.8 Å². The highest BCUT2D eigenvalue weighted by Gasteiger charge is 2.27. The standard InChI is InChI=1S/C30H34N2O6/c1-18-15-19(2)26(20(3)16-18)28(32-38-7)29(33)31-23(30(34)37-6)17-21-11-13-22(14-12-21)27-24(35-4)9-8-10-25(27)36-5/h8-16,23H,17H2,1-7H3,(H,31,33)/t23-/m0/s1. The van der Waals surface area contributed by atoms with Crippen molar-refractivity contribution in [2.75, 3.05) is 28.4 Å². The number of methoxy groups -OCH3 is 3. The summed E-state index contributed by atoms with van der Waals surface area (Å²) in [4.78, 5) is 31.0. The van der Waals surface area contributed by atoms with Crippen molar-refractivity contribution in [3.63, 3.8) is 0 Å². The molecule has 0 aliphatic carbocycles. The highest BCUT2D eigenvalue weighted by atomic mass is 16.6. The maximum Gasteiger partial charge on any atom is 0.328 e. The smallest absolute Gasteiger partial charge is 0.328 e. The molecule has 1 atom stereocenters. The lowest BCUT2D eigenvalue weighted by Gasteiger charge is -2.19. The first-order valence-corrected chi connectivity index (χ1v) is 12.1. The Kier molecular flexibility index (Phi) is 9.49. The quantitative estimate of drug-likeness (QED) is 0.240. The van der Waals surface area contributed by atoms with Crippen molar-refractivity contribution in [2.24, 2.45) is 5.16 Å². The molecule has 0 unspecified atom stereocenters. The minimum Gasteiger partial charge on any atom is -0.496 e. The summed E-state index contributed by atoms with van der Waals surface area (Å²) < 4.78 is 16.0. The molecule has 3 aromatic rings. The summed E-state index contributed by atoms with van der Waals surface area (Å²) in [7, 11) is 5.88. The van der Waals surface area contributed by atoms with Crippen LogP contribution in [0.4, 0.5) is 0 Å². The summed E-state index contributed by atoms with van der Waals surface area (Å²) in [6.45, 7) is 5.80. The predicted molar refractivity (Wildman–Crippen MR) is 147 cm³/mol. The molecule has 0 saturated carbocycles. The molecule has 3 rings (SSSR count). The lowest BCUT2D eigenvalue weighted by atomic mass is 9.95. The number of oxime groups is 1. The second-order valence-electron chi connectivity index (χ2n) is 8.88. The largest absolute Gasteiger partial charge is 0.496 e. The Morgan fingerprint density at radius 2 is 1.45 bits per heavy atom. The van der Waals surface area contributed by atoms with Gasteiger partial charge in [0, 0.05) is 12.0 Å². The molecule has 38 heavy (non-hydrogen) atoms. The van der Waals surface area contributed by atoms with Gasteiger partial charge in [0.2, 0.25) is 0 Å². The molecule has 0 aromatic heterocycles. The molecule has 0 radical (unpaired) electrons. The zero-order chi connectivity index (χ0) is 27.8. The van der Waals surface area contributed by atoms with Crippen LogP contribution < -0.4 is 14.8 Å². The van der Waals surface area contributed by atoms with E-state index in [-0.39, 0.29) is 12.1 Å². The Morgan fingerprint density at radius 1 is 0.868 bits per heavy atom. The molecular formula is C30H34N2O6. The molecule has 1 N–H and O–H groups in total. The SMILES string of the molecule is CON=C(C(=O)N[C@@H](Cc1ccc(-c2c(OC)cccc2OC)cc1)C(=O)OC)c1c(C)cc(C)cc1C. The van der Waals surface area contributed by atoms with Gasteiger partial charge in [0.1, 0.15) is 24.7 Å². The van der Waals surface area contributed by atoms with Gasteiger partial charge in [0.05, 0.1) is 26.9 Å². The van der Waals surface area contributed by atoms with Gasteiger partial charge in [-0.1, -0.05) is 53.2 Å². The van der Waals surface area contributed by atoms with Crippen molar-refractivity contribution in [3.05, 3.63) is 82.4 Å². The van der Waals surface area contributed by atoms with Gasteiger partial charge in [0.25, 0.3) is 5.91 Å². The first kappa shape index (κ1) is 28.2. The molecule has 0 aliphatic rings. The first-order chi connectivity index (χ1) is 18.2. The molecule has 0 spiro atoms. The van der Waals surface area contributed by atoms with E-state index >= 15 is 0 Å². The monoisotopic (exact) mass is 518 g/mol. The highest BCUT2D eigenvalue weighted by Crippen LogP contribution is 2.38. The topological polar surface area (TPSA) is 95.5 Å². The molecule has 0 fully saturated rings. The fourth-order valence-corrected chi connectivity index (χ4v) is 4.59. The average molecular weight is 519 g/mol. The Balaban J connectivity index is 1.88. The summed E-state index contributed by atoms with van der Waals surface area (Å²) in [6.07, 6.45) is 0.216. The third-order valence-electron chi connectivity index (χ3n) is 6.21. The van der Waals surface area contributed by atoms with Gasteiger partial charge in [-0.3, -0.25) is 4.79 Å². The van der Waals surface area contributed by atoms with Crippen molar-refractivity contribution in [1.82, 2.24) is 5.32 Å². The number of rotatable bonds is 10. The Bertz CT molecular complexity index is 1290. The third kappa shape index (κ3) is 6.32. The minimum absolute atomic E-state index is 0.0926. The summed E-state index contributed by atoms with van der Waals surface area (Å²) in [5.41, 5.74) is 6.13. The Hall–Kier alpha value is -4.33. The normalized spacial score (nSPS) is 11.9. The van der Waals surface area contributed by atoms with Crippen LogP contribution in [0, 0.1) is 20.8 Å². The van der Waals surface area contributed by atoms with E-state index in [4.69, 9.17) is 19.0 Å². The number of carbonyl (C=O) groups excluding carboxylic acids is 2. The van der Waals surface area contributed by atoms with E-state index in [1.165, 1.54) is 14.2 Å². The summed E-state index contributed by atoms with van der Waals surface area (Å²) >= 11 is 0. The summed E-state index contributed by atoms with van der Waals surface area (Å²) in [5, 5.41) is 6.78. The molecule has 0 bridgehead atoms. The third-order valence-corrected chi connectivity index (χ3v) is 6.21. The van der Waals surface area contributed by atoms with Crippen LogP contribution in [0.25, 0.3) is 11.1 Å². The van der Waals surface area contributed by atoms with Crippen LogP contribution in [-0.4, -0.2) is 52.1 Å². The maximum absolute atomic E-state index is 13.4. The van der Waals surface area contributed by atoms with E-state index < -0.39 is 17.9 Å². The van der Waals surface area contributed by atoms with Gasteiger partial charge in [-0.25, -0.2) is 4.79 Å². The van der Waals surface area contributed by atoms with Gasteiger partial charge in [-0.2, -0.15) is 0 Å². The van der Waals surface area contributed by atoms with Crippen LogP contribution in [-0.2, 0) is 25.6 Å². The van der Waals surface area contributed by atoms with Crippen molar-refractivity contribution in [1.29, 1.82) is 0 Å². The number of hydrogen-bond acceptors (Lipinski definition) is 7. The van der Waals surface area contributed by atoms with E-state index in [9.17, 15) is 9.59 Å². The molecule has 8 heteroatoms. The Labute approximate surface area is 223 Å². The molecular weight excluding hydrogens is 484 g/mol. The molecule has 3 aromatic carbocycles. The number of esters is 1. The average Bonchev–Trinajstić information content (AvgIpc) is 2.91. The van der Waals surface area contributed by atoms with Gasteiger partial charge in [-0.15, -0.1) is 0 Å². The van der Waals surface area contributed by atoms with Crippen LogP contribution in [0.5, 0.6) is 11.5 Å². The van der Waals surface area contributed by atoms with Crippen molar-refractivity contribution < 1.29 is 28.6 Å². The van der Waals surface area contributed by atoms with Gasteiger partial charge in [-0.05, 0) is 55.2 Å². The van der Waals surface area contributed by atoms with Crippen molar-refractivity contribution in [2.45, 2.75) is 33.2 Å². The molecule has 8 nitrogen and oxygen atoms in total. The van der Waals surface area contributed by atoms with Crippen LogP contribution >= 0.6 is 0 Å². The van der Waals surface area contributed by atoms with Crippen molar-refractivity contribution >= 4 is 17.6 Å². The summed E-state index contributed by atoms with van der Waals surface area (Å²) in [6, 6.07) is 16.2. The van der Waals surface area contributed by atoms with Crippen LogP contribution in [0.1, 0.15) is 27.8 Å². The van der Waals surface area contributed by atoms with E-state index in [1.54, 1.807) is 14.2 Å². The fraction of sp³-hybridized carbons (Fsp3) is 0.300. The first-order valence-electron chi connectivity index (χ1n) is 12.1. The molecule has 200 valence electrons. The lowest BCUT2D eigenvalue weighted by Crippen LogP contribution is -2.46. The maximum atomic E-state index is 13.4. The highest BCUT2D eigenvalue weighted by molar-refractivity contribution is 6.46. The molecule has 1 amide bonds. The second kappa shape index (κ2) is 12.8. The zero-order valence-electron chi connectivity index (χ0n) is 22.9. The van der Waals surface area contributed by atoms with E-state index in [0.717, 1.165) is 33.4 Å². The number of carbonyl (C=O) groups is 2. The van der Waals surface area contributed by atoms with E-state index in [1.807, 2.05) is 75.4 Å². The lowest BCUT2D eigenvalue weighted by molar-refractivity contribution is -0.144. The number of nitrogens with zero attached hydrogens (tertiary/aromatic N) is 1. The fourth-order valence-electron chi connectivity index (χ4n) is 4.59. The number of amides is 1. The second-order valence-corrected chi connectivity index (χ2v) is 8.88. The molecule has 0 heterocycles. The predicted octanol–water partition coefficient (Wildman–Crippen LogP) is 4.55. The number of benzene rings is 3. The number of aryl methyl sites for hydroxylation is 3. The van der Waals surface area contributed by atoms with Gasteiger partial charge < -0.3 is 24.4 Å². The zero-order valence-corrected chi connectivity index (χ0v) is 22.9. The molecule has 0 saturated heterocycles. The minimum atomic E-state index is -0.938. The van der Waals surface area contributed by atoms with Crippen LogP contribution in [0.2, 0.25) is 0 Å². The van der Waals surface area contributed by atoms with E-state index in [2.05, 4.69) is 10.5 Å². The van der Waals surface area contributed by atoms with Gasteiger partial charge in [0.15, 0.2) is 5.71 Å². The molecule has 0 aliphatic heterocycles. The summed E-state index contributed by atoms with van der Waals surface area (Å²) in [5.74, 6) is 0.266. The number of hydrogen-bond donors (Lipinski definition) is 1. The van der Waals surface area contributed by atoms with E-state index in [0.29, 0.717) is 17.1 Å². The van der Waals surface area contributed by atoms with Crippen molar-refractivity contribution in [3.8, 4) is 22.6 Å². The number of nitrogens with one attached hydrogen (secondary N) is 1. The Morgan fingerprint density at radius 3 is 1.95 bits per heavy atom. The number of ether oxygens (including phenoxy) is 3.